The quantitative estimate of drug-likeness (QED) is 0.673. The Balaban J connectivity index is 1.90. The van der Waals surface area contributed by atoms with Crippen LogP contribution in [0.5, 0.6) is 0 Å². The molecule has 2 rings (SSSR count). The summed E-state index contributed by atoms with van der Waals surface area (Å²) in [6, 6.07) is 0. The molecule has 0 saturated carbocycles. The van der Waals surface area contributed by atoms with Crippen molar-refractivity contribution in [2.24, 2.45) is 0 Å². The summed E-state index contributed by atoms with van der Waals surface area (Å²) in [6.07, 6.45) is 1.07. The Labute approximate surface area is 95.0 Å². The molecule has 2 aliphatic rings. The van der Waals surface area contributed by atoms with E-state index in [1.807, 2.05) is 0 Å². The molecule has 2 saturated heterocycles. The Hall–Kier alpha value is -0.650. The smallest absolute Gasteiger partial charge is 0.311 e. The average Bonchev–Trinajstić information content (AvgIpc) is 2.63. The minimum Gasteiger partial charge on any atom is -0.466 e. The van der Waals surface area contributed by atoms with Gasteiger partial charge in [0.25, 0.3) is 0 Å². The van der Waals surface area contributed by atoms with Gasteiger partial charge < -0.3 is 18.9 Å². The number of carbonyl (C=O) groups excluding carboxylic acids is 1. The largest absolute Gasteiger partial charge is 0.466 e. The Morgan fingerprint density at radius 3 is 3.06 bits per heavy atom. The summed E-state index contributed by atoms with van der Waals surface area (Å²) in [4.78, 5) is 11.4. The first-order valence-corrected chi connectivity index (χ1v) is 5.72. The van der Waals surface area contributed by atoms with Gasteiger partial charge >= 0.3 is 5.97 Å². The number of hydrogen-bond donors (Lipinski definition) is 0. The molecule has 2 fully saturated rings. The maximum atomic E-state index is 11.4. The van der Waals surface area contributed by atoms with Crippen LogP contribution in [0.1, 0.15) is 26.7 Å². The molecule has 0 bridgehead atoms. The van der Waals surface area contributed by atoms with Gasteiger partial charge in [0.05, 0.1) is 25.7 Å². The maximum Gasteiger partial charge on any atom is 0.311 e. The van der Waals surface area contributed by atoms with E-state index in [-0.39, 0.29) is 24.6 Å². The van der Waals surface area contributed by atoms with Gasteiger partial charge in [-0.1, -0.05) is 0 Å². The second-order valence-corrected chi connectivity index (χ2v) is 4.28. The molecule has 0 aromatic carbocycles. The van der Waals surface area contributed by atoms with Crippen molar-refractivity contribution in [1.29, 1.82) is 0 Å². The molecule has 0 unspecified atom stereocenters. The molecule has 92 valence electrons. The first-order valence-electron chi connectivity index (χ1n) is 5.72. The molecule has 0 aromatic heterocycles. The molecule has 0 aromatic rings. The van der Waals surface area contributed by atoms with Gasteiger partial charge in [-0.15, -0.1) is 0 Å². The van der Waals surface area contributed by atoms with E-state index in [4.69, 9.17) is 18.9 Å². The molecule has 16 heavy (non-hydrogen) atoms. The molecule has 2 aliphatic heterocycles. The Morgan fingerprint density at radius 2 is 2.31 bits per heavy atom. The van der Waals surface area contributed by atoms with Crippen LogP contribution in [0.3, 0.4) is 0 Å². The van der Waals surface area contributed by atoms with Crippen LogP contribution in [-0.4, -0.2) is 43.8 Å². The topological polar surface area (TPSA) is 54.0 Å². The van der Waals surface area contributed by atoms with Crippen molar-refractivity contribution < 1.29 is 23.7 Å². The summed E-state index contributed by atoms with van der Waals surface area (Å²) in [6.45, 7) is 5.13. The highest BCUT2D eigenvalue weighted by atomic mass is 16.7. The summed E-state index contributed by atoms with van der Waals surface area (Å²) in [7, 11) is 0. The van der Waals surface area contributed by atoms with E-state index in [1.165, 1.54) is 0 Å². The van der Waals surface area contributed by atoms with Crippen LogP contribution < -0.4 is 0 Å². The van der Waals surface area contributed by atoms with Gasteiger partial charge in [-0.3, -0.25) is 4.79 Å². The zero-order chi connectivity index (χ0) is 11.6. The molecule has 0 N–H and O–H groups in total. The third-order valence-electron chi connectivity index (χ3n) is 2.87. The van der Waals surface area contributed by atoms with Gasteiger partial charge in [0, 0.05) is 6.61 Å². The molecule has 3 atom stereocenters. The van der Waals surface area contributed by atoms with E-state index in [0.717, 1.165) is 6.42 Å². The lowest BCUT2D eigenvalue weighted by Crippen LogP contribution is -2.49. The fourth-order valence-corrected chi connectivity index (χ4v) is 2.10. The van der Waals surface area contributed by atoms with Crippen LogP contribution in [-0.2, 0) is 23.7 Å². The molecule has 0 radical (unpaired) electrons. The highest BCUT2D eigenvalue weighted by molar-refractivity contribution is 5.70. The summed E-state index contributed by atoms with van der Waals surface area (Å²) in [5, 5.41) is 0. The number of fused-ring (bicyclic) bond motifs is 1. The monoisotopic (exact) mass is 230 g/mol. The molecule has 2 heterocycles. The highest BCUT2D eigenvalue weighted by Gasteiger charge is 2.44. The molecule has 0 aliphatic carbocycles. The Kier molecular flexibility index (Phi) is 3.47. The minimum absolute atomic E-state index is 0.0234. The van der Waals surface area contributed by atoms with E-state index in [1.54, 1.807) is 13.8 Å². The van der Waals surface area contributed by atoms with Gasteiger partial charge in [-0.05, 0) is 20.3 Å². The molecular formula is C11H18O5. The number of hydrogen-bond acceptors (Lipinski definition) is 5. The third kappa shape index (κ3) is 2.53. The SMILES string of the molecule is CCOC(=O)C[C@]1(C)OC[C@H]2OCC[C@H]2O1. The van der Waals surface area contributed by atoms with E-state index >= 15 is 0 Å². The minimum atomic E-state index is -0.860. The summed E-state index contributed by atoms with van der Waals surface area (Å²) in [5.41, 5.74) is 0. The molecule has 5 nitrogen and oxygen atoms in total. The highest BCUT2D eigenvalue weighted by Crippen LogP contribution is 2.32. The zero-order valence-corrected chi connectivity index (χ0v) is 9.73. The van der Waals surface area contributed by atoms with Gasteiger partial charge in [-0.25, -0.2) is 0 Å². The average molecular weight is 230 g/mol. The molecular weight excluding hydrogens is 212 g/mol. The van der Waals surface area contributed by atoms with E-state index in [2.05, 4.69) is 0 Å². The normalized spacial score (nSPS) is 38.1. The van der Waals surface area contributed by atoms with Crippen LogP contribution in [0.4, 0.5) is 0 Å². The number of carbonyl (C=O) groups is 1. The van der Waals surface area contributed by atoms with E-state index in [9.17, 15) is 4.79 Å². The van der Waals surface area contributed by atoms with Crippen LogP contribution in [0.15, 0.2) is 0 Å². The standard InChI is InChI=1S/C11H18O5/c1-3-13-10(12)6-11(2)15-7-9-8(16-11)4-5-14-9/h8-9H,3-7H2,1-2H3/t8-,9-,11-/m1/s1. The Morgan fingerprint density at radius 1 is 1.50 bits per heavy atom. The lowest BCUT2D eigenvalue weighted by atomic mass is 10.1. The molecule has 0 amide bonds. The predicted octanol–water partition coefficient (Wildman–Crippen LogP) is 0.860. The third-order valence-corrected chi connectivity index (χ3v) is 2.87. The van der Waals surface area contributed by atoms with Crippen LogP contribution in [0, 0.1) is 0 Å². The van der Waals surface area contributed by atoms with Gasteiger partial charge in [0.2, 0.25) is 0 Å². The van der Waals surface area contributed by atoms with Crippen molar-refractivity contribution in [1.82, 2.24) is 0 Å². The van der Waals surface area contributed by atoms with Crippen molar-refractivity contribution in [3.8, 4) is 0 Å². The van der Waals surface area contributed by atoms with Gasteiger partial charge in [-0.2, -0.15) is 0 Å². The summed E-state index contributed by atoms with van der Waals surface area (Å²) < 4.78 is 21.6. The predicted molar refractivity (Wildman–Crippen MR) is 54.8 cm³/mol. The van der Waals surface area contributed by atoms with Crippen molar-refractivity contribution >= 4 is 5.97 Å². The second-order valence-electron chi connectivity index (χ2n) is 4.28. The van der Waals surface area contributed by atoms with E-state index in [0.29, 0.717) is 19.8 Å². The number of rotatable bonds is 3. The van der Waals surface area contributed by atoms with Gasteiger partial charge in [0.15, 0.2) is 5.79 Å². The first kappa shape index (κ1) is 11.8. The number of esters is 1. The van der Waals surface area contributed by atoms with Gasteiger partial charge in [0.1, 0.15) is 6.10 Å². The molecule has 5 heteroatoms. The van der Waals surface area contributed by atoms with Crippen molar-refractivity contribution in [2.45, 2.75) is 44.7 Å². The van der Waals surface area contributed by atoms with Crippen LogP contribution in [0.2, 0.25) is 0 Å². The number of ether oxygens (including phenoxy) is 4. The summed E-state index contributed by atoms with van der Waals surface area (Å²) in [5.74, 6) is -1.15. The fourth-order valence-electron chi connectivity index (χ4n) is 2.10. The van der Waals surface area contributed by atoms with Crippen molar-refractivity contribution in [2.75, 3.05) is 19.8 Å². The van der Waals surface area contributed by atoms with Crippen molar-refractivity contribution in [3.05, 3.63) is 0 Å². The maximum absolute atomic E-state index is 11.4. The first-order chi connectivity index (χ1) is 7.63. The fraction of sp³-hybridized carbons (Fsp3) is 0.909. The summed E-state index contributed by atoms with van der Waals surface area (Å²) >= 11 is 0. The van der Waals surface area contributed by atoms with Crippen LogP contribution in [0.25, 0.3) is 0 Å². The zero-order valence-electron chi connectivity index (χ0n) is 9.73. The lowest BCUT2D eigenvalue weighted by molar-refractivity contribution is -0.302. The lowest BCUT2D eigenvalue weighted by Gasteiger charge is -2.39. The Bertz CT molecular complexity index is 267. The second kappa shape index (κ2) is 4.69. The molecule has 0 spiro atoms. The van der Waals surface area contributed by atoms with E-state index < -0.39 is 5.79 Å². The van der Waals surface area contributed by atoms with Crippen LogP contribution >= 0.6 is 0 Å². The van der Waals surface area contributed by atoms with Crippen molar-refractivity contribution in [3.63, 3.8) is 0 Å².